The Labute approximate surface area is 177 Å². The molecular formula is C25H18F2O2S. The lowest BCUT2D eigenvalue weighted by atomic mass is 10.0. The van der Waals surface area contributed by atoms with Crippen molar-refractivity contribution in [3.8, 4) is 0 Å². The standard InChI is InChI=1S/C25H18F2O2S/c1-15-22(21-11-6-18(27)13-24(21)23(15)14-25(28)29)12-16-2-7-19(8-3-16)30-20-9-4-17(26)5-10-20/h2-13H,14H2,1H3,(H,28,29)/b22-12-. The topological polar surface area (TPSA) is 37.3 Å². The number of hydrogen-bond donors (Lipinski definition) is 1. The quantitative estimate of drug-likeness (QED) is 0.487. The fraction of sp³-hybridized carbons (Fsp3) is 0.0800. The Morgan fingerprint density at radius 3 is 2.13 bits per heavy atom. The highest BCUT2D eigenvalue weighted by molar-refractivity contribution is 7.99. The first kappa shape index (κ1) is 20.1. The van der Waals surface area contributed by atoms with Gasteiger partial charge in [0.15, 0.2) is 0 Å². The van der Waals surface area contributed by atoms with Gasteiger partial charge in [0.25, 0.3) is 0 Å². The van der Waals surface area contributed by atoms with Crippen molar-refractivity contribution in [1.29, 1.82) is 0 Å². The number of hydrogen-bond acceptors (Lipinski definition) is 2. The number of carboxylic acid groups (broad SMARTS) is 1. The minimum Gasteiger partial charge on any atom is -0.481 e. The van der Waals surface area contributed by atoms with Crippen LogP contribution in [0.1, 0.15) is 30.0 Å². The van der Waals surface area contributed by atoms with Crippen LogP contribution in [0.2, 0.25) is 0 Å². The Balaban J connectivity index is 1.64. The number of halogens is 2. The molecule has 150 valence electrons. The lowest BCUT2D eigenvalue weighted by molar-refractivity contribution is -0.135. The number of fused-ring (bicyclic) bond motifs is 1. The molecule has 1 aliphatic rings. The Kier molecular flexibility index (Phi) is 5.55. The Morgan fingerprint density at radius 2 is 1.50 bits per heavy atom. The normalized spacial score (nSPS) is 14.3. The van der Waals surface area contributed by atoms with E-state index >= 15 is 0 Å². The van der Waals surface area contributed by atoms with Gasteiger partial charge in [-0.2, -0.15) is 0 Å². The van der Waals surface area contributed by atoms with Crippen molar-refractivity contribution in [2.24, 2.45) is 0 Å². The molecule has 0 amide bonds. The number of carbonyl (C=O) groups is 1. The molecule has 0 bridgehead atoms. The summed E-state index contributed by atoms with van der Waals surface area (Å²) < 4.78 is 26.8. The molecule has 0 heterocycles. The third kappa shape index (κ3) is 4.21. The van der Waals surface area contributed by atoms with E-state index in [0.717, 1.165) is 32.1 Å². The lowest BCUT2D eigenvalue weighted by Crippen LogP contribution is -1.97. The minimum absolute atomic E-state index is 0.146. The van der Waals surface area contributed by atoms with Crippen molar-refractivity contribution >= 4 is 35.0 Å². The van der Waals surface area contributed by atoms with Crippen LogP contribution in [-0.2, 0) is 4.79 Å². The average Bonchev–Trinajstić information content (AvgIpc) is 2.96. The first-order valence-corrected chi connectivity index (χ1v) is 10.2. The van der Waals surface area contributed by atoms with Gasteiger partial charge in [0.05, 0.1) is 6.42 Å². The van der Waals surface area contributed by atoms with E-state index in [4.69, 9.17) is 0 Å². The van der Waals surface area contributed by atoms with Gasteiger partial charge < -0.3 is 5.11 Å². The summed E-state index contributed by atoms with van der Waals surface area (Å²) in [6.45, 7) is 1.88. The molecule has 3 aromatic carbocycles. The highest BCUT2D eigenvalue weighted by Gasteiger charge is 2.25. The van der Waals surface area contributed by atoms with E-state index in [1.54, 1.807) is 30.0 Å². The van der Waals surface area contributed by atoms with Crippen LogP contribution in [0, 0.1) is 11.6 Å². The molecule has 1 aliphatic carbocycles. The van der Waals surface area contributed by atoms with Crippen molar-refractivity contribution in [1.82, 2.24) is 0 Å². The SMILES string of the molecule is CC1=C(CC(=O)O)c2cc(F)ccc2/C1=C\c1ccc(Sc2ccc(F)cc2)cc1. The predicted octanol–water partition coefficient (Wildman–Crippen LogP) is 6.92. The fourth-order valence-corrected chi connectivity index (χ4v) is 4.39. The van der Waals surface area contributed by atoms with Gasteiger partial charge in [0.1, 0.15) is 11.6 Å². The van der Waals surface area contributed by atoms with Crippen molar-refractivity contribution in [2.75, 3.05) is 0 Å². The number of carboxylic acids is 1. The molecule has 4 rings (SSSR count). The van der Waals surface area contributed by atoms with Crippen LogP contribution >= 0.6 is 11.8 Å². The second-order valence-electron chi connectivity index (χ2n) is 7.05. The number of allylic oxidation sites excluding steroid dienone is 2. The number of aliphatic carboxylic acids is 1. The molecule has 2 nitrogen and oxygen atoms in total. The highest BCUT2D eigenvalue weighted by Crippen LogP contribution is 2.44. The monoisotopic (exact) mass is 420 g/mol. The van der Waals surface area contributed by atoms with Gasteiger partial charge in [-0.3, -0.25) is 4.79 Å². The molecule has 0 saturated heterocycles. The maximum absolute atomic E-state index is 13.8. The first-order valence-electron chi connectivity index (χ1n) is 9.38. The van der Waals surface area contributed by atoms with Crippen LogP contribution in [0.5, 0.6) is 0 Å². The molecule has 0 radical (unpaired) electrons. The van der Waals surface area contributed by atoms with E-state index in [9.17, 15) is 18.7 Å². The van der Waals surface area contributed by atoms with Gasteiger partial charge in [-0.1, -0.05) is 30.0 Å². The smallest absolute Gasteiger partial charge is 0.307 e. The summed E-state index contributed by atoms with van der Waals surface area (Å²) >= 11 is 1.54. The fourth-order valence-electron chi connectivity index (χ4n) is 3.57. The third-order valence-electron chi connectivity index (χ3n) is 5.02. The molecular weight excluding hydrogens is 402 g/mol. The van der Waals surface area contributed by atoms with Crippen LogP contribution < -0.4 is 0 Å². The van der Waals surface area contributed by atoms with E-state index in [2.05, 4.69) is 0 Å². The van der Waals surface area contributed by atoms with Gasteiger partial charge in [-0.05, 0) is 94.9 Å². The van der Waals surface area contributed by atoms with Crippen LogP contribution in [0.4, 0.5) is 8.78 Å². The van der Waals surface area contributed by atoms with Crippen LogP contribution in [0.15, 0.2) is 82.1 Å². The summed E-state index contributed by atoms with van der Waals surface area (Å²) in [4.78, 5) is 13.3. The zero-order chi connectivity index (χ0) is 21.3. The first-order chi connectivity index (χ1) is 14.4. The van der Waals surface area contributed by atoms with Gasteiger partial charge in [-0.25, -0.2) is 8.78 Å². The summed E-state index contributed by atoms with van der Waals surface area (Å²) in [6, 6.07) is 18.8. The summed E-state index contributed by atoms with van der Waals surface area (Å²) in [5, 5.41) is 9.26. The second kappa shape index (κ2) is 8.28. The van der Waals surface area contributed by atoms with Crippen LogP contribution in [0.25, 0.3) is 17.2 Å². The summed E-state index contributed by atoms with van der Waals surface area (Å²) in [7, 11) is 0. The van der Waals surface area contributed by atoms with E-state index in [-0.39, 0.29) is 18.1 Å². The Bertz CT molecular complexity index is 1180. The van der Waals surface area contributed by atoms with Crippen LogP contribution in [0.3, 0.4) is 0 Å². The van der Waals surface area contributed by atoms with Gasteiger partial charge in [0.2, 0.25) is 0 Å². The van der Waals surface area contributed by atoms with Crippen molar-refractivity contribution in [2.45, 2.75) is 23.1 Å². The van der Waals surface area contributed by atoms with E-state index in [1.165, 1.54) is 24.3 Å². The van der Waals surface area contributed by atoms with Crippen LogP contribution in [-0.4, -0.2) is 11.1 Å². The largest absolute Gasteiger partial charge is 0.481 e. The molecule has 1 N–H and O–H groups in total. The molecule has 0 unspecified atom stereocenters. The molecule has 0 fully saturated rings. The molecule has 30 heavy (non-hydrogen) atoms. The number of rotatable bonds is 5. The maximum Gasteiger partial charge on any atom is 0.307 e. The van der Waals surface area contributed by atoms with E-state index < -0.39 is 5.97 Å². The molecule has 0 atom stereocenters. The minimum atomic E-state index is -0.942. The van der Waals surface area contributed by atoms with Crippen molar-refractivity contribution in [3.05, 3.63) is 101 Å². The second-order valence-corrected chi connectivity index (χ2v) is 8.19. The van der Waals surface area contributed by atoms with E-state index in [1.807, 2.05) is 37.3 Å². The third-order valence-corrected chi connectivity index (χ3v) is 6.04. The van der Waals surface area contributed by atoms with Gasteiger partial charge in [0, 0.05) is 9.79 Å². The van der Waals surface area contributed by atoms with Gasteiger partial charge >= 0.3 is 5.97 Å². The zero-order valence-electron chi connectivity index (χ0n) is 16.2. The zero-order valence-corrected chi connectivity index (χ0v) is 17.0. The predicted molar refractivity (Wildman–Crippen MR) is 116 cm³/mol. The lowest BCUT2D eigenvalue weighted by Gasteiger charge is -2.06. The average molecular weight is 420 g/mol. The highest BCUT2D eigenvalue weighted by atomic mass is 32.2. The van der Waals surface area contributed by atoms with E-state index in [0.29, 0.717) is 11.1 Å². The molecule has 0 aliphatic heterocycles. The molecule has 3 aromatic rings. The van der Waals surface area contributed by atoms with Gasteiger partial charge in [-0.15, -0.1) is 0 Å². The Hall–Kier alpha value is -3.18. The Morgan fingerprint density at radius 1 is 0.900 bits per heavy atom. The molecule has 5 heteroatoms. The summed E-state index contributed by atoms with van der Waals surface area (Å²) in [6.07, 6.45) is 1.85. The summed E-state index contributed by atoms with van der Waals surface area (Å²) in [5.74, 6) is -1.58. The maximum atomic E-state index is 13.8. The number of benzene rings is 3. The van der Waals surface area contributed by atoms with Crippen molar-refractivity contribution in [3.63, 3.8) is 0 Å². The molecule has 0 saturated carbocycles. The molecule has 0 spiro atoms. The summed E-state index contributed by atoms with van der Waals surface area (Å²) in [5.41, 5.74) is 4.84. The van der Waals surface area contributed by atoms with Crippen molar-refractivity contribution < 1.29 is 18.7 Å². The molecule has 0 aromatic heterocycles.